The summed E-state index contributed by atoms with van der Waals surface area (Å²) in [6, 6.07) is 9.27. The van der Waals surface area contributed by atoms with Crippen molar-refractivity contribution in [2.24, 2.45) is 0 Å². The predicted octanol–water partition coefficient (Wildman–Crippen LogP) is 3.38. The van der Waals surface area contributed by atoms with Gasteiger partial charge >= 0.3 is 0 Å². The number of hydrogen-bond acceptors (Lipinski definition) is 3. The van der Waals surface area contributed by atoms with Crippen molar-refractivity contribution in [3.8, 4) is 5.75 Å². The zero-order chi connectivity index (χ0) is 14.7. The molecule has 2 N–H and O–H groups in total. The van der Waals surface area contributed by atoms with E-state index in [9.17, 15) is 8.60 Å². The molecule has 20 heavy (non-hydrogen) atoms. The normalized spacial score (nSPS) is 12.2. The van der Waals surface area contributed by atoms with Crippen LogP contribution in [0.15, 0.2) is 41.3 Å². The maximum Gasteiger partial charge on any atom is 0.141 e. The number of hydrogen-bond donors (Lipinski definition) is 1. The van der Waals surface area contributed by atoms with E-state index < -0.39 is 16.6 Å². The highest BCUT2D eigenvalue weighted by atomic mass is 35.5. The van der Waals surface area contributed by atoms with Crippen LogP contribution in [0.3, 0.4) is 0 Å². The molecule has 2 rings (SSSR count). The van der Waals surface area contributed by atoms with Crippen LogP contribution in [0.25, 0.3) is 0 Å². The third kappa shape index (κ3) is 3.29. The minimum absolute atomic E-state index is 0.0369. The van der Waals surface area contributed by atoms with Gasteiger partial charge in [-0.25, -0.2) is 4.39 Å². The first-order chi connectivity index (χ1) is 9.51. The third-order valence-electron chi connectivity index (χ3n) is 2.75. The molecule has 0 radical (unpaired) electrons. The molecule has 0 spiro atoms. The summed E-state index contributed by atoms with van der Waals surface area (Å²) in [6.07, 6.45) is 0. The Labute approximate surface area is 124 Å². The lowest BCUT2D eigenvalue weighted by atomic mass is 10.2. The van der Waals surface area contributed by atoms with E-state index in [1.807, 2.05) is 0 Å². The third-order valence-corrected chi connectivity index (χ3v) is 4.41. The molecular weight excluding hydrogens is 301 g/mol. The number of anilines is 1. The molecule has 2 aromatic rings. The van der Waals surface area contributed by atoms with E-state index in [2.05, 4.69) is 0 Å². The fourth-order valence-electron chi connectivity index (χ4n) is 1.73. The topological polar surface area (TPSA) is 52.3 Å². The molecular formula is C14H13ClFNO2S. The molecule has 0 aliphatic rings. The number of benzene rings is 2. The van der Waals surface area contributed by atoms with Gasteiger partial charge in [-0.3, -0.25) is 4.21 Å². The number of rotatable bonds is 4. The zero-order valence-corrected chi connectivity index (χ0v) is 12.3. The van der Waals surface area contributed by atoms with Crippen LogP contribution in [0.1, 0.15) is 5.56 Å². The lowest BCUT2D eigenvalue weighted by Gasteiger charge is -2.07. The van der Waals surface area contributed by atoms with Crippen molar-refractivity contribution >= 4 is 28.1 Å². The van der Waals surface area contributed by atoms with E-state index in [0.717, 1.165) is 5.56 Å². The molecule has 0 saturated heterocycles. The second-order valence-corrected chi connectivity index (χ2v) is 6.00. The highest BCUT2D eigenvalue weighted by molar-refractivity contribution is 7.84. The second-order valence-electron chi connectivity index (χ2n) is 4.14. The van der Waals surface area contributed by atoms with Gasteiger partial charge in [-0.2, -0.15) is 0 Å². The van der Waals surface area contributed by atoms with Crippen LogP contribution in [0.4, 0.5) is 10.1 Å². The number of nitrogens with two attached hydrogens (primary N) is 1. The van der Waals surface area contributed by atoms with Gasteiger partial charge in [0.2, 0.25) is 0 Å². The fourth-order valence-corrected chi connectivity index (χ4v) is 3.09. The van der Waals surface area contributed by atoms with Gasteiger partial charge in [0, 0.05) is 4.90 Å². The summed E-state index contributed by atoms with van der Waals surface area (Å²) in [5.41, 5.74) is 7.09. The Morgan fingerprint density at radius 1 is 1.30 bits per heavy atom. The Morgan fingerprint density at radius 3 is 2.65 bits per heavy atom. The standard InChI is InChI=1S/C14H13ClFNO2S/c1-19-14-5-2-9(6-13(14)17)8-20(18)10-3-4-12(16)11(15)7-10/h2-7H,8,17H2,1H3. The van der Waals surface area contributed by atoms with Gasteiger partial charge in [-0.05, 0) is 35.9 Å². The largest absolute Gasteiger partial charge is 0.495 e. The van der Waals surface area contributed by atoms with Gasteiger partial charge in [0.05, 0.1) is 34.4 Å². The molecule has 3 nitrogen and oxygen atoms in total. The van der Waals surface area contributed by atoms with Crippen LogP contribution in [0.2, 0.25) is 5.02 Å². The Hall–Kier alpha value is -1.59. The first kappa shape index (κ1) is 14.8. The molecule has 0 aromatic heterocycles. The maximum absolute atomic E-state index is 13.1. The molecule has 2 aromatic carbocycles. The molecule has 0 saturated carbocycles. The summed E-state index contributed by atoms with van der Waals surface area (Å²) in [5.74, 6) is 0.321. The van der Waals surface area contributed by atoms with Crippen LogP contribution < -0.4 is 10.5 Å². The summed E-state index contributed by atoms with van der Waals surface area (Å²) in [6.45, 7) is 0. The summed E-state index contributed by atoms with van der Waals surface area (Å²) >= 11 is 5.68. The van der Waals surface area contributed by atoms with Crippen LogP contribution in [-0.4, -0.2) is 11.3 Å². The molecule has 0 aliphatic carbocycles. The molecule has 0 aliphatic heterocycles. The smallest absolute Gasteiger partial charge is 0.141 e. The summed E-state index contributed by atoms with van der Waals surface area (Å²) in [5, 5.41) is -0.0369. The van der Waals surface area contributed by atoms with Crippen LogP contribution in [0, 0.1) is 5.82 Å². The van der Waals surface area contributed by atoms with Gasteiger partial charge in [0.25, 0.3) is 0 Å². The molecule has 0 amide bonds. The van der Waals surface area contributed by atoms with Crippen molar-refractivity contribution in [1.29, 1.82) is 0 Å². The molecule has 1 unspecified atom stereocenters. The van der Waals surface area contributed by atoms with E-state index in [1.54, 1.807) is 18.2 Å². The van der Waals surface area contributed by atoms with Crippen LogP contribution >= 0.6 is 11.6 Å². The van der Waals surface area contributed by atoms with Crippen molar-refractivity contribution in [3.63, 3.8) is 0 Å². The monoisotopic (exact) mass is 313 g/mol. The number of ether oxygens (including phenoxy) is 1. The summed E-state index contributed by atoms with van der Waals surface area (Å²) in [4.78, 5) is 0.478. The van der Waals surface area contributed by atoms with Crippen LogP contribution in [0.5, 0.6) is 5.75 Å². The summed E-state index contributed by atoms with van der Waals surface area (Å²) in [7, 11) is 0.215. The Balaban J connectivity index is 2.19. The molecule has 106 valence electrons. The fraction of sp³-hybridized carbons (Fsp3) is 0.143. The predicted molar refractivity (Wildman–Crippen MR) is 78.9 cm³/mol. The number of methoxy groups -OCH3 is 1. The molecule has 0 heterocycles. The summed E-state index contributed by atoms with van der Waals surface area (Å²) < 4.78 is 30.3. The van der Waals surface area contributed by atoms with Gasteiger partial charge in [-0.15, -0.1) is 0 Å². The average molecular weight is 314 g/mol. The molecule has 6 heteroatoms. The SMILES string of the molecule is COc1ccc(CS(=O)c2ccc(F)c(Cl)c2)cc1N. The Bertz CT molecular complexity index is 664. The lowest BCUT2D eigenvalue weighted by Crippen LogP contribution is -1.99. The van der Waals surface area contributed by atoms with Crippen molar-refractivity contribution < 1.29 is 13.3 Å². The maximum atomic E-state index is 13.1. The first-order valence-electron chi connectivity index (χ1n) is 5.77. The highest BCUT2D eigenvalue weighted by Gasteiger charge is 2.09. The number of nitrogen functional groups attached to an aromatic ring is 1. The minimum Gasteiger partial charge on any atom is -0.495 e. The molecule has 0 bridgehead atoms. The minimum atomic E-state index is -1.32. The van der Waals surface area contributed by atoms with E-state index in [1.165, 1.54) is 25.3 Å². The van der Waals surface area contributed by atoms with Gasteiger partial charge < -0.3 is 10.5 Å². The molecule has 1 atom stereocenters. The number of halogens is 2. The zero-order valence-electron chi connectivity index (χ0n) is 10.7. The van der Waals surface area contributed by atoms with Crippen molar-refractivity contribution in [3.05, 3.63) is 52.8 Å². The van der Waals surface area contributed by atoms with E-state index in [4.69, 9.17) is 22.1 Å². The Kier molecular flexibility index (Phi) is 4.62. The first-order valence-corrected chi connectivity index (χ1v) is 7.46. The average Bonchev–Trinajstić information content (AvgIpc) is 2.42. The van der Waals surface area contributed by atoms with E-state index in [0.29, 0.717) is 16.3 Å². The lowest BCUT2D eigenvalue weighted by molar-refractivity contribution is 0.417. The van der Waals surface area contributed by atoms with Gasteiger partial charge in [0.1, 0.15) is 11.6 Å². The van der Waals surface area contributed by atoms with Crippen molar-refractivity contribution in [2.45, 2.75) is 10.6 Å². The second kappa shape index (κ2) is 6.24. The van der Waals surface area contributed by atoms with E-state index in [-0.39, 0.29) is 10.8 Å². The van der Waals surface area contributed by atoms with Crippen LogP contribution in [-0.2, 0) is 16.6 Å². The highest BCUT2D eigenvalue weighted by Crippen LogP contribution is 2.24. The van der Waals surface area contributed by atoms with Gasteiger partial charge in [-0.1, -0.05) is 17.7 Å². The van der Waals surface area contributed by atoms with E-state index >= 15 is 0 Å². The van der Waals surface area contributed by atoms with Gasteiger partial charge in [0.15, 0.2) is 0 Å². The Morgan fingerprint density at radius 2 is 2.05 bits per heavy atom. The van der Waals surface area contributed by atoms with Crippen molar-refractivity contribution in [1.82, 2.24) is 0 Å². The van der Waals surface area contributed by atoms with Crippen molar-refractivity contribution in [2.75, 3.05) is 12.8 Å². The quantitative estimate of drug-likeness (QED) is 0.880. The molecule has 0 fully saturated rings.